The van der Waals surface area contributed by atoms with Crippen LogP contribution in [-0.4, -0.2) is 25.7 Å². The molecule has 3 rings (SSSR count). The van der Waals surface area contributed by atoms with Gasteiger partial charge in [0.1, 0.15) is 5.78 Å². The van der Waals surface area contributed by atoms with Gasteiger partial charge in [-0.25, -0.2) is 0 Å². The summed E-state index contributed by atoms with van der Waals surface area (Å²) in [7, 11) is 4.02. The fourth-order valence-electron chi connectivity index (χ4n) is 3.89. The van der Waals surface area contributed by atoms with Crippen molar-refractivity contribution in [3.63, 3.8) is 0 Å². The number of nitrogens with zero attached hydrogens (tertiary/aromatic N) is 1. The molecule has 26 heavy (non-hydrogen) atoms. The van der Waals surface area contributed by atoms with E-state index in [2.05, 4.69) is 29.2 Å². The number of hydrogen-bond donors (Lipinski definition) is 0. The third-order valence-corrected chi connectivity index (χ3v) is 5.43. The first-order valence-corrected chi connectivity index (χ1v) is 9.44. The average Bonchev–Trinajstić information content (AvgIpc) is 2.67. The first-order chi connectivity index (χ1) is 12.6. The molecule has 2 aromatic carbocycles. The molecule has 0 aromatic heterocycles. The lowest BCUT2D eigenvalue weighted by Gasteiger charge is -2.29. The zero-order valence-electron chi connectivity index (χ0n) is 15.7. The average molecular weight is 349 g/mol. The van der Waals surface area contributed by atoms with Crippen LogP contribution in [0.4, 0.5) is 5.69 Å². The molecular formula is C23H27NO2. The van der Waals surface area contributed by atoms with Gasteiger partial charge in [-0.15, -0.1) is 0 Å². The lowest BCUT2D eigenvalue weighted by molar-refractivity contribution is -0.125. The Bertz CT molecular complexity index is 750. The summed E-state index contributed by atoms with van der Waals surface area (Å²) in [5.74, 6) is 0.359. The van der Waals surface area contributed by atoms with Crippen LogP contribution in [0.3, 0.4) is 0 Å². The minimum absolute atomic E-state index is 0.0354. The summed E-state index contributed by atoms with van der Waals surface area (Å²) in [5.41, 5.74) is 2.95. The fraction of sp³-hybridized carbons (Fsp3) is 0.391. The van der Waals surface area contributed by atoms with E-state index in [4.69, 9.17) is 0 Å². The number of rotatable bonds is 6. The van der Waals surface area contributed by atoms with Crippen LogP contribution >= 0.6 is 0 Å². The highest BCUT2D eigenvalue weighted by molar-refractivity contribution is 5.97. The van der Waals surface area contributed by atoms with Crippen LogP contribution < -0.4 is 4.90 Å². The van der Waals surface area contributed by atoms with E-state index in [-0.39, 0.29) is 17.6 Å². The van der Waals surface area contributed by atoms with Crippen molar-refractivity contribution in [1.82, 2.24) is 0 Å². The first-order valence-electron chi connectivity index (χ1n) is 9.44. The minimum atomic E-state index is -0.0402. The van der Waals surface area contributed by atoms with Crippen molar-refractivity contribution in [3.05, 3.63) is 65.7 Å². The van der Waals surface area contributed by atoms with Gasteiger partial charge in [0, 0.05) is 50.0 Å². The summed E-state index contributed by atoms with van der Waals surface area (Å²) in [5, 5.41) is 0. The molecule has 0 N–H and O–H groups in total. The Balaban J connectivity index is 1.88. The number of carbonyl (C=O) groups is 2. The van der Waals surface area contributed by atoms with Gasteiger partial charge in [-0.05, 0) is 30.5 Å². The van der Waals surface area contributed by atoms with E-state index in [1.54, 1.807) is 0 Å². The number of ketones is 2. The van der Waals surface area contributed by atoms with E-state index < -0.39 is 0 Å². The van der Waals surface area contributed by atoms with E-state index in [0.717, 1.165) is 36.1 Å². The van der Waals surface area contributed by atoms with Crippen LogP contribution in [0.1, 0.15) is 53.9 Å². The number of anilines is 1. The van der Waals surface area contributed by atoms with Crippen molar-refractivity contribution in [1.29, 1.82) is 0 Å². The number of hydrogen-bond acceptors (Lipinski definition) is 3. The fourth-order valence-corrected chi connectivity index (χ4v) is 3.89. The smallest absolute Gasteiger partial charge is 0.163 e. The first kappa shape index (κ1) is 18.4. The van der Waals surface area contributed by atoms with E-state index in [1.807, 2.05) is 44.4 Å². The van der Waals surface area contributed by atoms with Crippen molar-refractivity contribution in [3.8, 4) is 0 Å². The molecule has 0 unspecified atom stereocenters. The molecule has 0 radical (unpaired) electrons. The highest BCUT2D eigenvalue weighted by Gasteiger charge is 2.32. The molecule has 0 saturated heterocycles. The lowest BCUT2D eigenvalue weighted by Crippen LogP contribution is -2.27. The predicted molar refractivity (Wildman–Crippen MR) is 106 cm³/mol. The van der Waals surface area contributed by atoms with E-state index in [0.29, 0.717) is 18.6 Å². The maximum Gasteiger partial charge on any atom is 0.163 e. The summed E-state index contributed by atoms with van der Waals surface area (Å²) >= 11 is 0. The Hall–Kier alpha value is -2.42. The molecule has 1 aliphatic carbocycles. The van der Waals surface area contributed by atoms with Crippen LogP contribution in [0.25, 0.3) is 0 Å². The Morgan fingerprint density at radius 2 is 1.73 bits per heavy atom. The topological polar surface area (TPSA) is 37.4 Å². The summed E-state index contributed by atoms with van der Waals surface area (Å²) < 4.78 is 0. The second-order valence-corrected chi connectivity index (χ2v) is 7.40. The maximum absolute atomic E-state index is 12.8. The van der Waals surface area contributed by atoms with Gasteiger partial charge in [-0.1, -0.05) is 48.9 Å². The van der Waals surface area contributed by atoms with Gasteiger partial charge in [-0.2, -0.15) is 0 Å². The second-order valence-electron chi connectivity index (χ2n) is 7.40. The van der Waals surface area contributed by atoms with Crippen molar-refractivity contribution in [2.45, 2.75) is 38.0 Å². The summed E-state index contributed by atoms with van der Waals surface area (Å²) in [6.07, 6.45) is 3.98. The lowest BCUT2D eigenvalue weighted by atomic mass is 9.73. The van der Waals surface area contributed by atoms with Gasteiger partial charge in [0.15, 0.2) is 5.78 Å². The maximum atomic E-state index is 12.8. The Labute approximate surface area is 156 Å². The summed E-state index contributed by atoms with van der Waals surface area (Å²) in [6, 6.07) is 17.7. The number of Topliss-reactive ketones (excluding diaryl/α,β-unsaturated/α-hetero) is 2. The zero-order chi connectivity index (χ0) is 18.5. The van der Waals surface area contributed by atoms with Crippen molar-refractivity contribution >= 4 is 17.3 Å². The van der Waals surface area contributed by atoms with Gasteiger partial charge in [0.25, 0.3) is 0 Å². The van der Waals surface area contributed by atoms with Crippen molar-refractivity contribution < 1.29 is 9.59 Å². The molecule has 3 nitrogen and oxygen atoms in total. The van der Waals surface area contributed by atoms with Crippen LogP contribution in [-0.2, 0) is 4.79 Å². The molecule has 3 heteroatoms. The molecule has 0 amide bonds. The van der Waals surface area contributed by atoms with E-state index >= 15 is 0 Å². The van der Waals surface area contributed by atoms with Gasteiger partial charge in [0.2, 0.25) is 0 Å². The van der Waals surface area contributed by atoms with Crippen LogP contribution in [0.15, 0.2) is 54.6 Å². The van der Waals surface area contributed by atoms with Crippen LogP contribution in [0.5, 0.6) is 0 Å². The molecular weight excluding hydrogens is 322 g/mol. The van der Waals surface area contributed by atoms with Gasteiger partial charge in [-0.3, -0.25) is 9.59 Å². The van der Waals surface area contributed by atoms with Crippen LogP contribution in [0, 0.1) is 5.92 Å². The van der Waals surface area contributed by atoms with E-state index in [1.165, 1.54) is 0 Å². The third-order valence-electron chi connectivity index (χ3n) is 5.43. The Morgan fingerprint density at radius 1 is 1.04 bits per heavy atom. The largest absolute Gasteiger partial charge is 0.378 e. The summed E-state index contributed by atoms with van der Waals surface area (Å²) in [6.45, 7) is 0. The quantitative estimate of drug-likeness (QED) is 0.698. The Morgan fingerprint density at radius 3 is 2.35 bits per heavy atom. The molecule has 136 valence electrons. The van der Waals surface area contributed by atoms with Crippen molar-refractivity contribution in [2.24, 2.45) is 5.92 Å². The van der Waals surface area contributed by atoms with Gasteiger partial charge >= 0.3 is 0 Å². The minimum Gasteiger partial charge on any atom is -0.378 e. The molecule has 0 heterocycles. The van der Waals surface area contributed by atoms with Gasteiger partial charge < -0.3 is 4.90 Å². The molecule has 1 fully saturated rings. The normalized spacial score (nSPS) is 18.4. The van der Waals surface area contributed by atoms with Gasteiger partial charge in [0.05, 0.1) is 0 Å². The molecule has 0 bridgehead atoms. The standard InChI is InChI=1S/C23H27NO2/c1-24(2)19-14-12-17(13-15-19)21(20-10-6-7-11-22(20)25)16-23(26)18-8-4-3-5-9-18/h3-5,8-9,12-15,20-21H,6-7,10-11,16H2,1-2H3/t20-,21+/m1/s1. The monoisotopic (exact) mass is 349 g/mol. The SMILES string of the molecule is CN(C)c1ccc([C@H](CC(=O)c2ccccc2)[C@H]2CCCCC2=O)cc1. The molecule has 2 aromatic rings. The zero-order valence-corrected chi connectivity index (χ0v) is 15.7. The predicted octanol–water partition coefficient (Wildman–Crippen LogP) is 4.87. The highest BCUT2D eigenvalue weighted by atomic mass is 16.1. The molecule has 1 saturated carbocycles. The Kier molecular flexibility index (Phi) is 5.87. The van der Waals surface area contributed by atoms with Crippen LogP contribution in [0.2, 0.25) is 0 Å². The molecule has 0 aliphatic heterocycles. The highest BCUT2D eigenvalue weighted by Crippen LogP contribution is 2.37. The third kappa shape index (κ3) is 4.21. The number of benzene rings is 2. The van der Waals surface area contributed by atoms with Crippen molar-refractivity contribution in [2.75, 3.05) is 19.0 Å². The molecule has 0 spiro atoms. The molecule has 1 aliphatic rings. The van der Waals surface area contributed by atoms with E-state index in [9.17, 15) is 9.59 Å². The second kappa shape index (κ2) is 8.31. The number of carbonyl (C=O) groups excluding carboxylic acids is 2. The molecule has 2 atom stereocenters. The summed E-state index contributed by atoms with van der Waals surface area (Å²) in [4.78, 5) is 27.5.